The fourth-order valence-corrected chi connectivity index (χ4v) is 0.378. The number of rotatable bonds is 1. The standard InChI is InChI=1S/C3H5N5O/c4-8-2-5-1-6-3(9)7-2/h1H,4H2,(H2,5,6,7,8,9). The Kier molecular flexibility index (Phi) is 1.41. The molecule has 4 N–H and O–H groups in total. The van der Waals surface area contributed by atoms with Crippen molar-refractivity contribution in [3.05, 3.63) is 16.8 Å². The van der Waals surface area contributed by atoms with E-state index in [4.69, 9.17) is 5.84 Å². The average molecular weight is 127 g/mol. The van der Waals surface area contributed by atoms with Gasteiger partial charge in [-0.3, -0.25) is 10.4 Å². The summed E-state index contributed by atoms with van der Waals surface area (Å²) >= 11 is 0. The Hall–Kier alpha value is -1.43. The van der Waals surface area contributed by atoms with Gasteiger partial charge in [-0.25, -0.2) is 15.6 Å². The summed E-state index contributed by atoms with van der Waals surface area (Å²) in [5.74, 6) is 5.11. The van der Waals surface area contributed by atoms with Gasteiger partial charge in [-0.2, -0.15) is 4.98 Å². The molecule has 0 spiro atoms. The van der Waals surface area contributed by atoms with E-state index in [1.54, 1.807) is 0 Å². The first-order valence-electron chi connectivity index (χ1n) is 2.21. The van der Waals surface area contributed by atoms with Crippen molar-refractivity contribution >= 4 is 5.95 Å². The van der Waals surface area contributed by atoms with Crippen LogP contribution in [0.25, 0.3) is 0 Å². The topological polar surface area (TPSA) is 96.7 Å². The van der Waals surface area contributed by atoms with Gasteiger partial charge >= 0.3 is 5.69 Å². The van der Waals surface area contributed by atoms with Crippen LogP contribution in [0.15, 0.2) is 11.1 Å². The number of aromatic amines is 1. The summed E-state index contributed by atoms with van der Waals surface area (Å²) in [6.07, 6.45) is 1.12. The zero-order chi connectivity index (χ0) is 6.69. The van der Waals surface area contributed by atoms with Crippen molar-refractivity contribution in [1.82, 2.24) is 15.0 Å². The third-order valence-corrected chi connectivity index (χ3v) is 0.724. The number of hydrogen-bond donors (Lipinski definition) is 3. The van der Waals surface area contributed by atoms with Crippen molar-refractivity contribution in [2.45, 2.75) is 0 Å². The lowest BCUT2D eigenvalue weighted by atomic mass is 10.9. The highest BCUT2D eigenvalue weighted by Crippen LogP contribution is 1.80. The molecule has 0 aliphatic heterocycles. The van der Waals surface area contributed by atoms with Gasteiger partial charge < -0.3 is 0 Å². The van der Waals surface area contributed by atoms with Crippen LogP contribution in [0.4, 0.5) is 5.95 Å². The van der Waals surface area contributed by atoms with Crippen LogP contribution in [0.5, 0.6) is 0 Å². The quantitative estimate of drug-likeness (QED) is 0.313. The second-order valence-electron chi connectivity index (χ2n) is 1.30. The highest BCUT2D eigenvalue weighted by Gasteiger charge is 1.86. The summed E-state index contributed by atoms with van der Waals surface area (Å²) in [4.78, 5) is 19.4. The number of anilines is 1. The molecule has 0 saturated carbocycles. The number of nitrogens with one attached hydrogen (secondary N) is 2. The minimum Gasteiger partial charge on any atom is -0.294 e. The largest absolute Gasteiger partial charge is 0.349 e. The van der Waals surface area contributed by atoms with Crippen LogP contribution in [0.3, 0.4) is 0 Å². The van der Waals surface area contributed by atoms with Crippen molar-refractivity contribution < 1.29 is 0 Å². The summed E-state index contributed by atoms with van der Waals surface area (Å²) in [5.41, 5.74) is 1.69. The number of H-pyrrole nitrogens is 1. The molecule has 48 valence electrons. The number of hydrogen-bond acceptors (Lipinski definition) is 5. The third kappa shape index (κ3) is 1.23. The van der Waals surface area contributed by atoms with Gasteiger partial charge in [-0.1, -0.05) is 0 Å². The van der Waals surface area contributed by atoms with E-state index in [1.165, 1.54) is 0 Å². The summed E-state index contributed by atoms with van der Waals surface area (Å²) in [5, 5.41) is 0. The number of nitrogens with zero attached hydrogens (tertiary/aromatic N) is 2. The molecule has 0 saturated heterocycles. The molecule has 0 aliphatic rings. The summed E-state index contributed by atoms with van der Waals surface area (Å²) < 4.78 is 0. The van der Waals surface area contributed by atoms with Crippen LogP contribution in [-0.2, 0) is 0 Å². The molecule has 1 aromatic rings. The maximum atomic E-state index is 10.3. The van der Waals surface area contributed by atoms with Crippen molar-refractivity contribution in [1.29, 1.82) is 0 Å². The van der Waals surface area contributed by atoms with E-state index < -0.39 is 5.69 Å². The minimum absolute atomic E-state index is 0.204. The van der Waals surface area contributed by atoms with Crippen LogP contribution in [0.2, 0.25) is 0 Å². The third-order valence-electron chi connectivity index (χ3n) is 0.724. The number of aromatic nitrogens is 3. The molecule has 1 heterocycles. The van der Waals surface area contributed by atoms with Crippen molar-refractivity contribution in [3.8, 4) is 0 Å². The van der Waals surface area contributed by atoms with Gasteiger partial charge in [-0.15, -0.1) is 0 Å². The Bertz CT molecular complexity index is 242. The molecule has 0 unspecified atom stereocenters. The maximum absolute atomic E-state index is 10.3. The van der Waals surface area contributed by atoms with Crippen LogP contribution in [0.1, 0.15) is 0 Å². The Balaban J connectivity index is 3.08. The lowest BCUT2D eigenvalue weighted by Crippen LogP contribution is -2.17. The highest BCUT2D eigenvalue weighted by atomic mass is 16.1. The van der Waals surface area contributed by atoms with Gasteiger partial charge in [0, 0.05) is 0 Å². The monoisotopic (exact) mass is 127 g/mol. The normalized spacial score (nSPS) is 9.00. The van der Waals surface area contributed by atoms with Gasteiger partial charge in [0.05, 0.1) is 0 Å². The molecule has 1 rings (SSSR count). The SMILES string of the molecule is NNc1ncnc(=O)[nH]1. The van der Waals surface area contributed by atoms with E-state index in [0.29, 0.717) is 0 Å². The van der Waals surface area contributed by atoms with Gasteiger partial charge in [0.15, 0.2) is 0 Å². The van der Waals surface area contributed by atoms with Crippen molar-refractivity contribution in [2.24, 2.45) is 5.84 Å². The molecule has 0 atom stereocenters. The molecule has 0 fully saturated rings. The molecule has 1 aromatic heterocycles. The predicted molar refractivity (Wildman–Crippen MR) is 30.5 cm³/mol. The van der Waals surface area contributed by atoms with E-state index in [2.05, 4.69) is 20.4 Å². The Morgan fingerprint density at radius 3 is 2.89 bits per heavy atom. The molecule has 0 amide bonds. The van der Waals surface area contributed by atoms with Crippen LogP contribution in [0, 0.1) is 0 Å². The molecule has 0 radical (unpaired) electrons. The van der Waals surface area contributed by atoms with Crippen LogP contribution in [-0.4, -0.2) is 15.0 Å². The van der Waals surface area contributed by atoms with Crippen molar-refractivity contribution in [3.63, 3.8) is 0 Å². The molecule has 9 heavy (non-hydrogen) atoms. The fourth-order valence-electron chi connectivity index (χ4n) is 0.378. The predicted octanol–water partition coefficient (Wildman–Crippen LogP) is -1.55. The first-order valence-corrected chi connectivity index (χ1v) is 2.21. The number of nitrogen functional groups attached to an aromatic ring is 1. The van der Waals surface area contributed by atoms with Gasteiger partial charge in [0.2, 0.25) is 5.95 Å². The van der Waals surface area contributed by atoms with Crippen molar-refractivity contribution in [2.75, 3.05) is 5.43 Å². The Morgan fingerprint density at radius 2 is 2.44 bits per heavy atom. The van der Waals surface area contributed by atoms with Crippen LogP contribution < -0.4 is 17.0 Å². The molecule has 0 aliphatic carbocycles. The lowest BCUT2D eigenvalue weighted by molar-refractivity contribution is 0.976. The second kappa shape index (κ2) is 2.23. The first kappa shape index (κ1) is 5.70. The minimum atomic E-state index is -0.474. The van der Waals surface area contributed by atoms with E-state index in [0.717, 1.165) is 6.33 Å². The van der Waals surface area contributed by atoms with Gasteiger partial charge in [0.1, 0.15) is 6.33 Å². The van der Waals surface area contributed by atoms with E-state index >= 15 is 0 Å². The average Bonchev–Trinajstić information content (AvgIpc) is 1.88. The molecule has 0 aromatic carbocycles. The fraction of sp³-hybridized carbons (Fsp3) is 0. The summed E-state index contributed by atoms with van der Waals surface area (Å²) in [6.45, 7) is 0. The van der Waals surface area contributed by atoms with Gasteiger partial charge in [-0.05, 0) is 0 Å². The van der Waals surface area contributed by atoms with Crippen LogP contribution >= 0.6 is 0 Å². The molecule has 6 nitrogen and oxygen atoms in total. The smallest absolute Gasteiger partial charge is 0.294 e. The molecular weight excluding hydrogens is 122 g/mol. The Labute approximate surface area is 50.1 Å². The van der Waals surface area contributed by atoms with E-state index in [9.17, 15) is 4.79 Å². The Morgan fingerprint density at radius 1 is 1.67 bits per heavy atom. The summed E-state index contributed by atoms with van der Waals surface area (Å²) in [7, 11) is 0. The zero-order valence-electron chi connectivity index (χ0n) is 4.46. The van der Waals surface area contributed by atoms with E-state index in [1.807, 2.05) is 0 Å². The first-order chi connectivity index (χ1) is 4.33. The lowest BCUT2D eigenvalue weighted by Gasteiger charge is -1.92. The number of nitrogens with two attached hydrogens (primary N) is 1. The highest BCUT2D eigenvalue weighted by molar-refractivity contribution is 5.16. The zero-order valence-corrected chi connectivity index (χ0v) is 4.46. The summed E-state index contributed by atoms with van der Waals surface area (Å²) in [6, 6.07) is 0. The molecule has 0 bridgehead atoms. The second-order valence-corrected chi connectivity index (χ2v) is 1.30. The van der Waals surface area contributed by atoms with Gasteiger partial charge in [0.25, 0.3) is 0 Å². The van der Waals surface area contributed by atoms with E-state index in [-0.39, 0.29) is 5.95 Å². The number of hydrazine groups is 1. The molecular formula is C3H5N5O. The molecule has 6 heteroatoms. The maximum Gasteiger partial charge on any atom is 0.349 e.